The summed E-state index contributed by atoms with van der Waals surface area (Å²) in [6, 6.07) is 0. The van der Waals surface area contributed by atoms with E-state index in [1.54, 1.807) is 0 Å². The standard InChI is InChI=1S/C13H22O5/c1-5-6-7-8-12(15)17-11(4)13(16)18-10(3)9(2)14/h10-11H,5-8H2,1-4H3. The van der Waals surface area contributed by atoms with Gasteiger partial charge in [0.15, 0.2) is 18.0 Å². The summed E-state index contributed by atoms with van der Waals surface area (Å²) >= 11 is 0. The van der Waals surface area contributed by atoms with Crippen LogP contribution >= 0.6 is 0 Å². The van der Waals surface area contributed by atoms with Crippen molar-refractivity contribution >= 4 is 17.7 Å². The third kappa shape index (κ3) is 7.04. The van der Waals surface area contributed by atoms with Crippen LogP contribution in [0.3, 0.4) is 0 Å². The number of unbranched alkanes of at least 4 members (excludes halogenated alkanes) is 2. The molecule has 0 heterocycles. The van der Waals surface area contributed by atoms with Gasteiger partial charge in [0.25, 0.3) is 0 Å². The summed E-state index contributed by atoms with van der Waals surface area (Å²) in [5.41, 5.74) is 0. The van der Waals surface area contributed by atoms with Crippen molar-refractivity contribution in [1.29, 1.82) is 0 Å². The molecule has 0 aromatic carbocycles. The quantitative estimate of drug-likeness (QED) is 0.492. The van der Waals surface area contributed by atoms with Gasteiger partial charge in [-0.25, -0.2) is 4.79 Å². The van der Waals surface area contributed by atoms with Crippen LogP contribution in [0.1, 0.15) is 53.4 Å². The second-order valence-corrected chi connectivity index (χ2v) is 4.28. The van der Waals surface area contributed by atoms with Crippen LogP contribution in [0.4, 0.5) is 0 Å². The van der Waals surface area contributed by atoms with Gasteiger partial charge in [-0.05, 0) is 27.2 Å². The molecule has 104 valence electrons. The largest absolute Gasteiger partial charge is 0.452 e. The fraction of sp³-hybridized carbons (Fsp3) is 0.769. The average Bonchev–Trinajstić information content (AvgIpc) is 2.28. The van der Waals surface area contributed by atoms with Crippen molar-refractivity contribution < 1.29 is 23.9 Å². The lowest BCUT2D eigenvalue weighted by Gasteiger charge is -2.15. The third-order valence-electron chi connectivity index (χ3n) is 2.49. The molecule has 0 spiro atoms. The third-order valence-corrected chi connectivity index (χ3v) is 2.49. The molecular weight excluding hydrogens is 236 g/mol. The summed E-state index contributed by atoms with van der Waals surface area (Å²) in [5, 5.41) is 0. The van der Waals surface area contributed by atoms with Gasteiger partial charge in [-0.1, -0.05) is 19.8 Å². The van der Waals surface area contributed by atoms with Crippen LogP contribution in [0.2, 0.25) is 0 Å². The molecular formula is C13H22O5. The first-order valence-electron chi connectivity index (χ1n) is 6.28. The summed E-state index contributed by atoms with van der Waals surface area (Å²) in [4.78, 5) is 33.7. The van der Waals surface area contributed by atoms with E-state index in [1.165, 1.54) is 20.8 Å². The SMILES string of the molecule is CCCCCC(=O)OC(C)C(=O)OC(C)C(C)=O. The van der Waals surface area contributed by atoms with Crippen LogP contribution < -0.4 is 0 Å². The van der Waals surface area contributed by atoms with Gasteiger partial charge in [0.2, 0.25) is 0 Å². The molecule has 5 heteroatoms. The van der Waals surface area contributed by atoms with Gasteiger partial charge in [0.1, 0.15) is 0 Å². The predicted octanol–water partition coefficient (Wildman–Crippen LogP) is 2.02. The number of hydrogen-bond donors (Lipinski definition) is 0. The zero-order chi connectivity index (χ0) is 14.1. The van der Waals surface area contributed by atoms with Crippen LogP contribution in [0, 0.1) is 0 Å². The van der Waals surface area contributed by atoms with Crippen LogP contribution in [0.15, 0.2) is 0 Å². The number of hydrogen-bond acceptors (Lipinski definition) is 5. The molecule has 0 aliphatic rings. The maximum Gasteiger partial charge on any atom is 0.347 e. The Morgan fingerprint density at radius 3 is 2.11 bits per heavy atom. The smallest absolute Gasteiger partial charge is 0.347 e. The van der Waals surface area contributed by atoms with Crippen molar-refractivity contribution in [2.24, 2.45) is 0 Å². The molecule has 0 aromatic heterocycles. The van der Waals surface area contributed by atoms with Crippen LogP contribution in [-0.2, 0) is 23.9 Å². The topological polar surface area (TPSA) is 69.7 Å². The Balaban J connectivity index is 4.00. The fourth-order valence-electron chi connectivity index (χ4n) is 1.18. The Hall–Kier alpha value is -1.39. The maximum atomic E-state index is 11.5. The van der Waals surface area contributed by atoms with E-state index in [9.17, 15) is 14.4 Å². The molecule has 0 saturated carbocycles. The van der Waals surface area contributed by atoms with Crippen molar-refractivity contribution in [3.05, 3.63) is 0 Å². The van der Waals surface area contributed by atoms with Crippen molar-refractivity contribution in [1.82, 2.24) is 0 Å². The van der Waals surface area contributed by atoms with E-state index < -0.39 is 24.1 Å². The van der Waals surface area contributed by atoms with Crippen LogP contribution in [0.5, 0.6) is 0 Å². The molecule has 0 rings (SSSR count). The molecule has 0 aromatic rings. The summed E-state index contributed by atoms with van der Waals surface area (Å²) < 4.78 is 9.75. The summed E-state index contributed by atoms with van der Waals surface area (Å²) in [7, 11) is 0. The van der Waals surface area contributed by atoms with Gasteiger partial charge in [0, 0.05) is 6.42 Å². The Morgan fingerprint density at radius 2 is 1.61 bits per heavy atom. The highest BCUT2D eigenvalue weighted by atomic mass is 16.6. The Kier molecular flexibility index (Phi) is 8.00. The number of Topliss-reactive ketones (excluding diaryl/α,β-unsaturated/α-hetero) is 1. The first-order valence-corrected chi connectivity index (χ1v) is 6.28. The summed E-state index contributed by atoms with van der Waals surface area (Å²) in [6.45, 7) is 6.29. The number of ether oxygens (including phenoxy) is 2. The molecule has 0 radical (unpaired) electrons. The minimum Gasteiger partial charge on any atom is -0.452 e. The summed E-state index contributed by atoms with van der Waals surface area (Å²) in [5.74, 6) is -1.35. The van der Waals surface area contributed by atoms with Gasteiger partial charge in [0.05, 0.1) is 0 Å². The molecule has 0 aliphatic heterocycles. The first kappa shape index (κ1) is 16.6. The Bertz CT molecular complexity index is 298. The molecule has 0 N–H and O–H groups in total. The highest BCUT2D eigenvalue weighted by molar-refractivity contribution is 5.85. The normalized spacial score (nSPS) is 13.6. The maximum absolute atomic E-state index is 11.5. The minimum atomic E-state index is -0.971. The zero-order valence-electron chi connectivity index (χ0n) is 11.5. The fourth-order valence-corrected chi connectivity index (χ4v) is 1.18. The van der Waals surface area contributed by atoms with E-state index >= 15 is 0 Å². The molecule has 0 amide bonds. The number of carbonyl (C=O) groups excluding carboxylic acids is 3. The number of esters is 2. The second kappa shape index (κ2) is 8.66. The number of rotatable bonds is 8. The van der Waals surface area contributed by atoms with E-state index in [-0.39, 0.29) is 5.78 Å². The van der Waals surface area contributed by atoms with E-state index in [0.29, 0.717) is 6.42 Å². The van der Waals surface area contributed by atoms with E-state index in [1.807, 2.05) is 6.92 Å². The first-order chi connectivity index (χ1) is 8.38. The number of ketones is 1. The van der Waals surface area contributed by atoms with Crippen molar-refractivity contribution in [3.8, 4) is 0 Å². The predicted molar refractivity (Wildman–Crippen MR) is 65.9 cm³/mol. The molecule has 0 saturated heterocycles. The zero-order valence-corrected chi connectivity index (χ0v) is 11.5. The molecule has 0 bridgehead atoms. The van der Waals surface area contributed by atoms with Gasteiger partial charge in [-0.15, -0.1) is 0 Å². The van der Waals surface area contributed by atoms with Gasteiger partial charge < -0.3 is 9.47 Å². The van der Waals surface area contributed by atoms with Crippen molar-refractivity contribution in [3.63, 3.8) is 0 Å². The molecule has 0 fully saturated rings. The van der Waals surface area contributed by atoms with Crippen molar-refractivity contribution in [2.45, 2.75) is 65.6 Å². The van der Waals surface area contributed by atoms with Crippen LogP contribution in [0.25, 0.3) is 0 Å². The highest BCUT2D eigenvalue weighted by Crippen LogP contribution is 2.05. The van der Waals surface area contributed by atoms with Crippen molar-refractivity contribution in [2.75, 3.05) is 0 Å². The Labute approximate surface area is 108 Å². The monoisotopic (exact) mass is 258 g/mol. The van der Waals surface area contributed by atoms with Gasteiger partial charge >= 0.3 is 11.9 Å². The Morgan fingerprint density at radius 1 is 1.00 bits per heavy atom. The minimum absolute atomic E-state index is 0.246. The molecule has 2 atom stereocenters. The second-order valence-electron chi connectivity index (χ2n) is 4.28. The average molecular weight is 258 g/mol. The van der Waals surface area contributed by atoms with E-state index in [2.05, 4.69) is 0 Å². The lowest BCUT2D eigenvalue weighted by Crippen LogP contribution is -2.31. The van der Waals surface area contributed by atoms with E-state index in [4.69, 9.17) is 9.47 Å². The molecule has 2 unspecified atom stereocenters. The molecule has 0 aliphatic carbocycles. The van der Waals surface area contributed by atoms with Gasteiger partial charge in [-0.2, -0.15) is 0 Å². The lowest BCUT2D eigenvalue weighted by atomic mass is 10.2. The highest BCUT2D eigenvalue weighted by Gasteiger charge is 2.22. The lowest BCUT2D eigenvalue weighted by molar-refractivity contribution is -0.171. The van der Waals surface area contributed by atoms with Gasteiger partial charge in [-0.3, -0.25) is 9.59 Å². The summed E-state index contributed by atoms with van der Waals surface area (Å²) in [6.07, 6.45) is 1.24. The van der Waals surface area contributed by atoms with Crippen LogP contribution in [-0.4, -0.2) is 29.9 Å². The molecule has 18 heavy (non-hydrogen) atoms. The number of carbonyl (C=O) groups is 3. The molecule has 5 nitrogen and oxygen atoms in total. The van der Waals surface area contributed by atoms with E-state index in [0.717, 1.165) is 19.3 Å².